The van der Waals surface area contributed by atoms with Gasteiger partial charge in [-0.3, -0.25) is 0 Å². The topological polar surface area (TPSA) is 50.9 Å². The van der Waals surface area contributed by atoms with E-state index in [1.807, 2.05) is 12.3 Å². The van der Waals surface area contributed by atoms with E-state index < -0.39 is 0 Å². The van der Waals surface area contributed by atoms with Crippen molar-refractivity contribution in [1.82, 2.24) is 4.98 Å². The van der Waals surface area contributed by atoms with Gasteiger partial charge in [0, 0.05) is 23.8 Å². The van der Waals surface area contributed by atoms with E-state index in [9.17, 15) is 0 Å². The molecule has 3 rings (SSSR count). The molecule has 1 saturated carbocycles. The van der Waals surface area contributed by atoms with Crippen LogP contribution in [0.2, 0.25) is 0 Å². The second-order valence-electron chi connectivity index (χ2n) is 4.97. The Labute approximate surface area is 119 Å². The lowest BCUT2D eigenvalue weighted by molar-refractivity contribution is 0.981. The molecule has 4 heteroatoms. The first kappa shape index (κ1) is 13.8. The highest BCUT2D eigenvalue weighted by Gasteiger charge is 2.34. The summed E-state index contributed by atoms with van der Waals surface area (Å²) >= 11 is 0. The normalized spacial score (nSPS) is 20.5. The zero-order valence-corrected chi connectivity index (χ0v) is 11.7. The Morgan fingerprint density at radius 2 is 1.84 bits per heavy atom. The molecule has 0 saturated heterocycles. The molecule has 1 aliphatic carbocycles. The zero-order valence-electron chi connectivity index (χ0n) is 10.8. The largest absolute Gasteiger partial charge is 0.340 e. The van der Waals surface area contributed by atoms with Crippen LogP contribution in [-0.2, 0) is 0 Å². The average Bonchev–Trinajstić information content (AvgIpc) is 3.10. The van der Waals surface area contributed by atoms with Crippen LogP contribution in [0.3, 0.4) is 0 Å². The standard InChI is InChI=1S/C15H17N3.ClH/c1-10-2-5-12(6-3-10)18-15-7-4-11(9-17-15)13-8-14(13)16;/h2-7,9,13-14H,8,16H2,1H3,(H,17,18);1H/t13-,14+;/m0./s1. The first-order valence-electron chi connectivity index (χ1n) is 6.27. The smallest absolute Gasteiger partial charge is 0.130 e. The monoisotopic (exact) mass is 275 g/mol. The number of nitrogens with two attached hydrogens (primary N) is 1. The number of rotatable bonds is 3. The molecule has 2 atom stereocenters. The lowest BCUT2D eigenvalue weighted by Crippen LogP contribution is -2.01. The summed E-state index contributed by atoms with van der Waals surface area (Å²) in [6.45, 7) is 2.08. The highest BCUT2D eigenvalue weighted by molar-refractivity contribution is 5.85. The number of pyridine rings is 1. The number of aryl methyl sites for hydroxylation is 1. The Morgan fingerprint density at radius 3 is 2.37 bits per heavy atom. The van der Waals surface area contributed by atoms with Gasteiger partial charge in [-0.1, -0.05) is 23.8 Å². The predicted molar refractivity (Wildman–Crippen MR) is 81.3 cm³/mol. The first-order chi connectivity index (χ1) is 8.72. The van der Waals surface area contributed by atoms with Crippen LogP contribution in [-0.4, -0.2) is 11.0 Å². The molecule has 19 heavy (non-hydrogen) atoms. The molecule has 3 nitrogen and oxygen atoms in total. The van der Waals surface area contributed by atoms with Gasteiger partial charge in [0.15, 0.2) is 0 Å². The van der Waals surface area contributed by atoms with Gasteiger partial charge in [0.1, 0.15) is 5.82 Å². The lowest BCUT2D eigenvalue weighted by Gasteiger charge is -2.06. The molecule has 1 heterocycles. The maximum Gasteiger partial charge on any atom is 0.130 e. The highest BCUT2D eigenvalue weighted by atomic mass is 35.5. The quantitative estimate of drug-likeness (QED) is 0.903. The number of aromatic nitrogens is 1. The van der Waals surface area contributed by atoms with Gasteiger partial charge in [0.25, 0.3) is 0 Å². The fourth-order valence-corrected chi connectivity index (χ4v) is 2.08. The van der Waals surface area contributed by atoms with Crippen LogP contribution in [0.25, 0.3) is 0 Å². The Kier molecular flexibility index (Phi) is 4.08. The minimum atomic E-state index is 0. The van der Waals surface area contributed by atoms with Gasteiger partial charge in [-0.05, 0) is 37.1 Å². The van der Waals surface area contributed by atoms with Crippen molar-refractivity contribution in [3.05, 3.63) is 53.7 Å². The van der Waals surface area contributed by atoms with Crippen LogP contribution < -0.4 is 11.1 Å². The van der Waals surface area contributed by atoms with E-state index in [1.54, 1.807) is 0 Å². The molecular weight excluding hydrogens is 258 g/mol. The minimum Gasteiger partial charge on any atom is -0.340 e. The average molecular weight is 276 g/mol. The maximum absolute atomic E-state index is 5.83. The second kappa shape index (κ2) is 5.59. The van der Waals surface area contributed by atoms with E-state index in [2.05, 4.69) is 47.6 Å². The van der Waals surface area contributed by atoms with Crippen molar-refractivity contribution in [2.75, 3.05) is 5.32 Å². The molecule has 0 bridgehead atoms. The molecule has 0 radical (unpaired) electrons. The van der Waals surface area contributed by atoms with Crippen LogP contribution in [0, 0.1) is 6.92 Å². The van der Waals surface area contributed by atoms with Crippen molar-refractivity contribution in [1.29, 1.82) is 0 Å². The van der Waals surface area contributed by atoms with E-state index in [-0.39, 0.29) is 12.4 Å². The van der Waals surface area contributed by atoms with E-state index in [4.69, 9.17) is 5.73 Å². The molecule has 100 valence electrons. The molecule has 0 unspecified atom stereocenters. The van der Waals surface area contributed by atoms with E-state index in [1.165, 1.54) is 11.1 Å². The van der Waals surface area contributed by atoms with Gasteiger partial charge in [-0.15, -0.1) is 12.4 Å². The lowest BCUT2D eigenvalue weighted by atomic mass is 10.2. The van der Waals surface area contributed by atoms with Crippen molar-refractivity contribution in [2.45, 2.75) is 25.3 Å². The summed E-state index contributed by atoms with van der Waals surface area (Å²) in [6.07, 6.45) is 3.01. The first-order valence-corrected chi connectivity index (χ1v) is 6.27. The molecule has 0 aliphatic heterocycles. The third kappa shape index (κ3) is 3.25. The third-order valence-electron chi connectivity index (χ3n) is 3.38. The summed E-state index contributed by atoms with van der Waals surface area (Å²) in [5.41, 5.74) is 9.39. The number of nitrogens with zero attached hydrogens (tertiary/aromatic N) is 1. The maximum atomic E-state index is 5.83. The van der Waals surface area contributed by atoms with Crippen molar-refractivity contribution in [3.63, 3.8) is 0 Å². The SMILES string of the molecule is Cc1ccc(Nc2ccc([C@@H]3C[C@H]3N)cn2)cc1.Cl. The molecule has 3 N–H and O–H groups in total. The van der Waals surface area contributed by atoms with Gasteiger partial charge < -0.3 is 11.1 Å². The van der Waals surface area contributed by atoms with Crippen molar-refractivity contribution in [2.24, 2.45) is 5.73 Å². The molecule has 1 fully saturated rings. The Hall–Kier alpha value is -1.58. The second-order valence-corrected chi connectivity index (χ2v) is 4.97. The van der Waals surface area contributed by atoms with E-state index >= 15 is 0 Å². The number of hydrogen-bond donors (Lipinski definition) is 2. The Balaban J connectivity index is 0.00000133. The van der Waals surface area contributed by atoms with E-state index in [0.29, 0.717) is 12.0 Å². The highest BCUT2D eigenvalue weighted by Crippen LogP contribution is 2.38. The Bertz CT molecular complexity index is 536. The van der Waals surface area contributed by atoms with Crippen molar-refractivity contribution < 1.29 is 0 Å². The van der Waals surface area contributed by atoms with Crippen LogP contribution in [0.5, 0.6) is 0 Å². The number of halogens is 1. The van der Waals surface area contributed by atoms with Gasteiger partial charge in [-0.25, -0.2) is 4.98 Å². The predicted octanol–water partition coefficient (Wildman–Crippen LogP) is 3.37. The zero-order chi connectivity index (χ0) is 12.5. The summed E-state index contributed by atoms with van der Waals surface area (Å²) < 4.78 is 0. The number of nitrogens with one attached hydrogen (secondary N) is 1. The van der Waals surface area contributed by atoms with Crippen LogP contribution >= 0.6 is 12.4 Å². The fraction of sp³-hybridized carbons (Fsp3) is 0.267. The molecular formula is C15H18ClN3. The molecule has 0 spiro atoms. The van der Waals surface area contributed by atoms with Gasteiger partial charge in [0.2, 0.25) is 0 Å². The van der Waals surface area contributed by atoms with E-state index in [0.717, 1.165) is 17.9 Å². The minimum absolute atomic E-state index is 0. The summed E-state index contributed by atoms with van der Waals surface area (Å²) in [6, 6.07) is 12.7. The van der Waals surface area contributed by atoms with Crippen molar-refractivity contribution in [3.8, 4) is 0 Å². The third-order valence-corrected chi connectivity index (χ3v) is 3.38. The molecule has 1 aromatic heterocycles. The number of hydrogen-bond acceptors (Lipinski definition) is 3. The van der Waals surface area contributed by atoms with Gasteiger partial charge >= 0.3 is 0 Å². The molecule has 1 aromatic carbocycles. The number of anilines is 2. The number of benzene rings is 1. The van der Waals surface area contributed by atoms with Crippen LogP contribution in [0.4, 0.5) is 11.5 Å². The summed E-state index contributed by atoms with van der Waals surface area (Å²) in [7, 11) is 0. The molecule has 2 aromatic rings. The fourth-order valence-electron chi connectivity index (χ4n) is 2.08. The van der Waals surface area contributed by atoms with Crippen LogP contribution in [0.1, 0.15) is 23.5 Å². The van der Waals surface area contributed by atoms with Gasteiger partial charge in [0.05, 0.1) is 0 Å². The van der Waals surface area contributed by atoms with Gasteiger partial charge in [-0.2, -0.15) is 0 Å². The molecule has 0 amide bonds. The summed E-state index contributed by atoms with van der Waals surface area (Å²) in [5.74, 6) is 1.39. The summed E-state index contributed by atoms with van der Waals surface area (Å²) in [5, 5.41) is 3.29. The Morgan fingerprint density at radius 1 is 1.16 bits per heavy atom. The summed E-state index contributed by atoms with van der Waals surface area (Å²) in [4.78, 5) is 4.43. The van der Waals surface area contributed by atoms with Crippen LogP contribution in [0.15, 0.2) is 42.6 Å². The molecule has 1 aliphatic rings. The van der Waals surface area contributed by atoms with Crippen molar-refractivity contribution >= 4 is 23.9 Å².